The summed E-state index contributed by atoms with van der Waals surface area (Å²) in [4.78, 5) is 12.6. The smallest absolute Gasteiger partial charge is 0.225 e. The molecule has 0 bridgehead atoms. The van der Waals surface area contributed by atoms with Crippen LogP contribution in [0.3, 0.4) is 0 Å². The number of nitrogens with one attached hydrogen (secondary N) is 1. The highest BCUT2D eigenvalue weighted by atomic mass is 35.5. The summed E-state index contributed by atoms with van der Waals surface area (Å²) in [6.07, 6.45) is 2.39. The van der Waals surface area contributed by atoms with Gasteiger partial charge in [0.25, 0.3) is 0 Å². The van der Waals surface area contributed by atoms with E-state index in [1.165, 1.54) is 6.07 Å². The van der Waals surface area contributed by atoms with Crippen LogP contribution in [0.2, 0.25) is 5.02 Å². The minimum Gasteiger partial charge on any atom is -0.487 e. The number of fused-ring (bicyclic) bond motifs is 1. The molecule has 1 aliphatic heterocycles. The molecule has 2 aromatic carbocycles. The lowest BCUT2D eigenvalue weighted by Crippen LogP contribution is -2.44. The Hall–Kier alpha value is -2.07. The first-order valence-corrected chi connectivity index (χ1v) is 9.35. The van der Waals surface area contributed by atoms with Gasteiger partial charge in [0.05, 0.1) is 12.5 Å². The monoisotopic (exact) mass is 375 g/mol. The van der Waals surface area contributed by atoms with Crippen molar-refractivity contribution >= 4 is 17.5 Å². The fraction of sp³-hybridized carbons (Fsp3) is 0.381. The Morgan fingerprint density at radius 3 is 2.69 bits per heavy atom. The summed E-state index contributed by atoms with van der Waals surface area (Å²) in [5.74, 6) is 0.135. The molecule has 1 heterocycles. The van der Waals surface area contributed by atoms with E-state index in [1.807, 2.05) is 24.3 Å². The minimum atomic E-state index is -0.462. The van der Waals surface area contributed by atoms with Crippen LogP contribution in [0.25, 0.3) is 0 Å². The molecule has 3 nitrogen and oxygen atoms in total. The van der Waals surface area contributed by atoms with Crippen LogP contribution in [0.15, 0.2) is 42.5 Å². The van der Waals surface area contributed by atoms with E-state index in [4.69, 9.17) is 16.3 Å². The summed E-state index contributed by atoms with van der Waals surface area (Å²) >= 11 is 5.77. The van der Waals surface area contributed by atoms with Gasteiger partial charge in [-0.1, -0.05) is 49.7 Å². The van der Waals surface area contributed by atoms with E-state index >= 15 is 0 Å². The average Bonchev–Trinajstić information content (AvgIpc) is 2.64. The molecule has 0 aromatic heterocycles. The molecule has 5 heteroatoms. The SMILES string of the molecule is CCC1(CC)C[C@@H](NC(=O)Cc2ccc(Cl)cc2F)c2ccccc2O1. The van der Waals surface area contributed by atoms with Crippen molar-refractivity contribution in [2.45, 2.75) is 51.2 Å². The van der Waals surface area contributed by atoms with Crippen LogP contribution in [0.5, 0.6) is 5.75 Å². The van der Waals surface area contributed by atoms with Crippen LogP contribution in [-0.4, -0.2) is 11.5 Å². The molecule has 0 saturated carbocycles. The van der Waals surface area contributed by atoms with E-state index in [0.29, 0.717) is 17.0 Å². The Kier molecular flexibility index (Phi) is 5.52. The lowest BCUT2D eigenvalue weighted by Gasteiger charge is -2.41. The molecule has 26 heavy (non-hydrogen) atoms. The molecule has 3 rings (SSSR count). The number of carbonyl (C=O) groups is 1. The van der Waals surface area contributed by atoms with E-state index in [1.54, 1.807) is 12.1 Å². The molecular formula is C21H23ClFNO2. The van der Waals surface area contributed by atoms with Gasteiger partial charge in [-0.15, -0.1) is 0 Å². The standard InChI is InChI=1S/C21H23ClFNO2/c1-3-21(4-2)13-18(16-7-5-6-8-19(16)26-21)24-20(25)11-14-9-10-15(22)12-17(14)23/h5-10,12,18H,3-4,11,13H2,1-2H3,(H,24,25)/t18-/m1/s1. The molecule has 0 fully saturated rings. The van der Waals surface area contributed by atoms with Crippen molar-refractivity contribution in [3.05, 3.63) is 64.4 Å². The molecule has 1 N–H and O–H groups in total. The highest BCUT2D eigenvalue weighted by Crippen LogP contribution is 2.42. The molecule has 1 aliphatic rings. The van der Waals surface area contributed by atoms with Crippen LogP contribution in [0.1, 0.15) is 50.3 Å². The maximum absolute atomic E-state index is 14.0. The predicted molar refractivity (Wildman–Crippen MR) is 101 cm³/mol. The summed E-state index contributed by atoms with van der Waals surface area (Å²) in [6.45, 7) is 4.19. The molecule has 0 radical (unpaired) electrons. The fourth-order valence-electron chi connectivity index (χ4n) is 3.51. The van der Waals surface area contributed by atoms with Gasteiger partial charge in [-0.3, -0.25) is 4.79 Å². The van der Waals surface area contributed by atoms with Gasteiger partial charge in [0.15, 0.2) is 0 Å². The first kappa shape index (κ1) is 18.7. The molecule has 0 saturated heterocycles. The van der Waals surface area contributed by atoms with E-state index in [-0.39, 0.29) is 24.0 Å². The fourth-order valence-corrected chi connectivity index (χ4v) is 3.67. The van der Waals surface area contributed by atoms with Gasteiger partial charge < -0.3 is 10.1 Å². The van der Waals surface area contributed by atoms with Gasteiger partial charge in [0.2, 0.25) is 5.91 Å². The number of halogens is 2. The van der Waals surface area contributed by atoms with Crippen molar-refractivity contribution in [3.63, 3.8) is 0 Å². The second-order valence-electron chi connectivity index (χ2n) is 6.77. The summed E-state index contributed by atoms with van der Waals surface area (Å²) < 4.78 is 20.2. The maximum atomic E-state index is 14.0. The Balaban J connectivity index is 1.80. The van der Waals surface area contributed by atoms with Crippen LogP contribution >= 0.6 is 11.6 Å². The summed E-state index contributed by atoms with van der Waals surface area (Å²) in [5.41, 5.74) is 1.01. The van der Waals surface area contributed by atoms with Crippen molar-refractivity contribution in [3.8, 4) is 5.75 Å². The van der Waals surface area contributed by atoms with Crippen molar-refractivity contribution in [2.75, 3.05) is 0 Å². The Labute approximate surface area is 158 Å². The highest BCUT2D eigenvalue weighted by Gasteiger charge is 2.38. The van der Waals surface area contributed by atoms with Gasteiger partial charge in [-0.25, -0.2) is 4.39 Å². The topological polar surface area (TPSA) is 38.3 Å². The molecule has 138 valence electrons. The third-order valence-electron chi connectivity index (χ3n) is 5.19. The first-order valence-electron chi connectivity index (χ1n) is 8.97. The van der Waals surface area contributed by atoms with Crippen LogP contribution in [-0.2, 0) is 11.2 Å². The van der Waals surface area contributed by atoms with Gasteiger partial charge >= 0.3 is 0 Å². The Morgan fingerprint density at radius 1 is 1.27 bits per heavy atom. The van der Waals surface area contributed by atoms with Gasteiger partial charge in [-0.2, -0.15) is 0 Å². The lowest BCUT2D eigenvalue weighted by atomic mass is 9.83. The van der Waals surface area contributed by atoms with Crippen molar-refractivity contribution in [2.24, 2.45) is 0 Å². The lowest BCUT2D eigenvalue weighted by molar-refractivity contribution is -0.121. The number of hydrogen-bond donors (Lipinski definition) is 1. The van der Waals surface area contributed by atoms with E-state index < -0.39 is 5.82 Å². The van der Waals surface area contributed by atoms with Crippen molar-refractivity contribution in [1.82, 2.24) is 5.32 Å². The molecule has 1 amide bonds. The molecular weight excluding hydrogens is 353 g/mol. The number of carbonyl (C=O) groups excluding carboxylic acids is 1. The molecule has 2 aromatic rings. The minimum absolute atomic E-state index is 0.0201. The molecule has 0 unspecified atom stereocenters. The zero-order valence-corrected chi connectivity index (χ0v) is 15.8. The highest BCUT2D eigenvalue weighted by molar-refractivity contribution is 6.30. The van der Waals surface area contributed by atoms with Crippen LogP contribution in [0, 0.1) is 5.82 Å². The summed E-state index contributed by atoms with van der Waals surface area (Å²) in [5, 5.41) is 3.39. The molecule has 1 atom stereocenters. The summed E-state index contributed by atoms with van der Waals surface area (Å²) in [6, 6.07) is 12.0. The third-order valence-corrected chi connectivity index (χ3v) is 5.42. The normalized spacial score (nSPS) is 17.9. The zero-order chi connectivity index (χ0) is 18.7. The predicted octanol–water partition coefficient (Wildman–Crippen LogP) is 5.22. The molecule has 0 aliphatic carbocycles. The Morgan fingerprint density at radius 2 is 2.00 bits per heavy atom. The Bertz CT molecular complexity index is 804. The second-order valence-corrected chi connectivity index (χ2v) is 7.20. The number of para-hydroxylation sites is 1. The largest absolute Gasteiger partial charge is 0.487 e. The number of rotatable bonds is 5. The number of ether oxygens (including phenoxy) is 1. The first-order chi connectivity index (χ1) is 12.5. The maximum Gasteiger partial charge on any atom is 0.225 e. The van der Waals surface area contributed by atoms with Crippen LogP contribution < -0.4 is 10.1 Å². The van der Waals surface area contributed by atoms with E-state index in [2.05, 4.69) is 19.2 Å². The summed E-state index contributed by atoms with van der Waals surface area (Å²) in [7, 11) is 0. The van der Waals surface area contributed by atoms with Gasteiger partial charge in [0, 0.05) is 17.0 Å². The number of benzene rings is 2. The van der Waals surface area contributed by atoms with Gasteiger partial charge in [0.1, 0.15) is 17.2 Å². The van der Waals surface area contributed by atoms with E-state index in [9.17, 15) is 9.18 Å². The molecule has 0 spiro atoms. The quantitative estimate of drug-likeness (QED) is 0.778. The number of amides is 1. The zero-order valence-electron chi connectivity index (χ0n) is 15.0. The van der Waals surface area contributed by atoms with E-state index in [0.717, 1.165) is 24.2 Å². The number of hydrogen-bond acceptors (Lipinski definition) is 2. The third kappa shape index (κ3) is 3.85. The van der Waals surface area contributed by atoms with Crippen molar-refractivity contribution < 1.29 is 13.9 Å². The second kappa shape index (κ2) is 7.67. The average molecular weight is 376 g/mol. The van der Waals surface area contributed by atoms with Crippen molar-refractivity contribution in [1.29, 1.82) is 0 Å². The van der Waals surface area contributed by atoms with Gasteiger partial charge in [-0.05, 0) is 36.6 Å². The van der Waals surface area contributed by atoms with Crippen LogP contribution in [0.4, 0.5) is 4.39 Å².